The molecule has 124 valence electrons. The Labute approximate surface area is 155 Å². The summed E-state index contributed by atoms with van der Waals surface area (Å²) in [4.78, 5) is 12.1. The van der Waals surface area contributed by atoms with Crippen LogP contribution in [0.3, 0.4) is 0 Å². The average molecular weight is 454 g/mol. The van der Waals surface area contributed by atoms with Crippen molar-refractivity contribution in [2.45, 2.75) is 19.4 Å². The van der Waals surface area contributed by atoms with Gasteiger partial charge in [-0.25, -0.2) is 5.01 Å². The molecule has 1 aliphatic heterocycles. The number of phenolic OH excluding ortho intramolecular Hbond substituents is 2. The Morgan fingerprint density at radius 3 is 2.46 bits per heavy atom. The summed E-state index contributed by atoms with van der Waals surface area (Å²) in [5.74, 6) is 0.231. The van der Waals surface area contributed by atoms with Gasteiger partial charge in [0.2, 0.25) is 5.91 Å². The summed E-state index contributed by atoms with van der Waals surface area (Å²) in [6.45, 7) is 0.303. The molecule has 0 bridgehead atoms. The van der Waals surface area contributed by atoms with Crippen LogP contribution < -0.4 is 0 Å². The molecule has 2 aromatic carbocycles. The zero-order chi connectivity index (χ0) is 17.3. The highest BCUT2D eigenvalue weighted by Gasteiger charge is 2.22. The average Bonchev–Trinajstić information content (AvgIpc) is 2.54. The summed E-state index contributed by atoms with van der Waals surface area (Å²) >= 11 is 6.62. The zero-order valence-corrected chi connectivity index (χ0v) is 15.7. The van der Waals surface area contributed by atoms with Crippen LogP contribution in [0.25, 0.3) is 0 Å². The summed E-state index contributed by atoms with van der Waals surface area (Å²) in [6, 6.07) is 10.3. The molecule has 2 N–H and O–H groups in total. The minimum atomic E-state index is -0.0565. The predicted molar refractivity (Wildman–Crippen MR) is 97.9 cm³/mol. The maximum absolute atomic E-state index is 12.1. The number of nitrogens with zero attached hydrogens (tertiary/aromatic N) is 2. The van der Waals surface area contributed by atoms with Gasteiger partial charge in [0, 0.05) is 18.4 Å². The number of hydrogen-bond acceptors (Lipinski definition) is 4. The number of hydrogen-bond donors (Lipinski definition) is 2. The van der Waals surface area contributed by atoms with Crippen molar-refractivity contribution in [3.8, 4) is 11.5 Å². The first-order valence-electron chi connectivity index (χ1n) is 7.28. The highest BCUT2D eigenvalue weighted by molar-refractivity contribution is 9.11. The topological polar surface area (TPSA) is 73.1 Å². The first-order chi connectivity index (χ1) is 11.4. The molecule has 0 unspecified atom stereocenters. The predicted octanol–water partition coefficient (Wildman–Crippen LogP) is 4.15. The van der Waals surface area contributed by atoms with Crippen LogP contribution in [-0.4, -0.2) is 26.8 Å². The molecule has 7 heteroatoms. The normalized spacial score (nSPS) is 14.7. The van der Waals surface area contributed by atoms with E-state index in [2.05, 4.69) is 37.0 Å². The van der Waals surface area contributed by atoms with Gasteiger partial charge in [0.05, 0.1) is 21.2 Å². The van der Waals surface area contributed by atoms with Crippen LogP contribution in [0.5, 0.6) is 11.5 Å². The van der Waals surface area contributed by atoms with E-state index < -0.39 is 0 Å². The highest BCUT2D eigenvalue weighted by atomic mass is 79.9. The van der Waals surface area contributed by atoms with E-state index in [1.54, 1.807) is 30.3 Å². The third-order valence-electron chi connectivity index (χ3n) is 3.70. The maximum atomic E-state index is 12.1. The first-order valence-corrected chi connectivity index (χ1v) is 8.87. The Hall–Kier alpha value is -1.86. The smallest absolute Gasteiger partial charge is 0.243 e. The molecule has 1 aliphatic rings. The number of hydrazone groups is 1. The van der Waals surface area contributed by atoms with Crippen LogP contribution in [0, 0.1) is 0 Å². The van der Waals surface area contributed by atoms with E-state index in [4.69, 9.17) is 0 Å². The van der Waals surface area contributed by atoms with Crippen molar-refractivity contribution in [3.63, 3.8) is 0 Å². The van der Waals surface area contributed by atoms with Gasteiger partial charge in [0.1, 0.15) is 11.5 Å². The van der Waals surface area contributed by atoms with Crippen LogP contribution in [-0.2, 0) is 11.3 Å². The molecule has 0 radical (unpaired) electrons. The van der Waals surface area contributed by atoms with Crippen molar-refractivity contribution >= 4 is 43.5 Å². The standard InChI is InChI=1S/C17H14Br2N2O3/c18-13-7-11(8-14(19)17(13)24)15-4-5-16(23)21(20-15)9-10-2-1-3-12(22)6-10/h1-3,6-8,22,24H,4-5,9H2. The number of phenols is 2. The van der Waals surface area contributed by atoms with Crippen LogP contribution in [0.4, 0.5) is 0 Å². The number of carbonyl (C=O) groups is 1. The van der Waals surface area contributed by atoms with Gasteiger partial charge in [-0.3, -0.25) is 4.79 Å². The number of benzene rings is 2. The van der Waals surface area contributed by atoms with Gasteiger partial charge in [0.15, 0.2) is 0 Å². The van der Waals surface area contributed by atoms with E-state index >= 15 is 0 Å². The molecule has 2 aromatic rings. The molecule has 0 spiro atoms. The first kappa shape index (κ1) is 17.0. The van der Waals surface area contributed by atoms with E-state index in [9.17, 15) is 15.0 Å². The van der Waals surface area contributed by atoms with E-state index in [1.807, 2.05) is 6.07 Å². The zero-order valence-electron chi connectivity index (χ0n) is 12.5. The van der Waals surface area contributed by atoms with E-state index in [-0.39, 0.29) is 17.4 Å². The largest absolute Gasteiger partial charge is 0.508 e. The molecule has 0 saturated heterocycles. The second-order valence-electron chi connectivity index (χ2n) is 5.46. The van der Waals surface area contributed by atoms with Crippen LogP contribution in [0.2, 0.25) is 0 Å². The third kappa shape index (κ3) is 3.62. The SMILES string of the molecule is O=C1CCC(c2cc(Br)c(O)c(Br)c2)=NN1Cc1cccc(O)c1. The van der Waals surface area contributed by atoms with Gasteiger partial charge in [-0.2, -0.15) is 5.10 Å². The molecular formula is C17H14Br2N2O3. The lowest BCUT2D eigenvalue weighted by Gasteiger charge is -2.24. The Bertz CT molecular complexity index is 813. The quantitative estimate of drug-likeness (QED) is 0.733. The molecule has 3 rings (SSSR count). The van der Waals surface area contributed by atoms with E-state index in [1.165, 1.54) is 5.01 Å². The van der Waals surface area contributed by atoms with Crippen LogP contribution >= 0.6 is 31.9 Å². The Balaban J connectivity index is 1.91. The fourth-order valence-corrected chi connectivity index (χ4v) is 3.68. The van der Waals surface area contributed by atoms with Gasteiger partial charge < -0.3 is 10.2 Å². The monoisotopic (exact) mass is 452 g/mol. The van der Waals surface area contributed by atoms with Crippen molar-refractivity contribution in [1.82, 2.24) is 5.01 Å². The molecule has 0 aliphatic carbocycles. The van der Waals surface area contributed by atoms with Gasteiger partial charge >= 0.3 is 0 Å². The molecule has 0 fully saturated rings. The third-order valence-corrected chi connectivity index (χ3v) is 4.91. The molecule has 0 atom stereocenters. The highest BCUT2D eigenvalue weighted by Crippen LogP contribution is 2.34. The Morgan fingerprint density at radius 1 is 1.08 bits per heavy atom. The Morgan fingerprint density at radius 2 is 1.79 bits per heavy atom. The summed E-state index contributed by atoms with van der Waals surface area (Å²) < 4.78 is 1.12. The molecule has 5 nitrogen and oxygen atoms in total. The molecular weight excluding hydrogens is 440 g/mol. The number of halogens is 2. The summed E-state index contributed by atoms with van der Waals surface area (Å²) in [5.41, 5.74) is 2.41. The van der Waals surface area contributed by atoms with E-state index in [0.717, 1.165) is 16.8 Å². The second kappa shape index (κ2) is 6.94. The fourth-order valence-electron chi connectivity index (χ4n) is 2.49. The molecule has 24 heavy (non-hydrogen) atoms. The lowest BCUT2D eigenvalue weighted by molar-refractivity contribution is -0.132. The van der Waals surface area contributed by atoms with Crippen molar-refractivity contribution in [3.05, 3.63) is 56.5 Å². The molecule has 1 amide bonds. The summed E-state index contributed by atoms with van der Waals surface area (Å²) in [6.07, 6.45) is 0.910. The van der Waals surface area contributed by atoms with Gasteiger partial charge in [-0.05, 0) is 61.7 Å². The summed E-state index contributed by atoms with van der Waals surface area (Å²) in [7, 11) is 0. The number of rotatable bonds is 3. The minimum Gasteiger partial charge on any atom is -0.508 e. The van der Waals surface area contributed by atoms with Gasteiger partial charge in [-0.1, -0.05) is 12.1 Å². The number of carbonyl (C=O) groups excluding carboxylic acids is 1. The van der Waals surface area contributed by atoms with Gasteiger partial charge in [-0.15, -0.1) is 0 Å². The lowest BCUT2D eigenvalue weighted by Crippen LogP contribution is -2.31. The fraction of sp³-hybridized carbons (Fsp3) is 0.176. The van der Waals surface area contributed by atoms with Crippen molar-refractivity contribution in [2.24, 2.45) is 5.10 Å². The molecule has 1 heterocycles. The van der Waals surface area contributed by atoms with Crippen LogP contribution in [0.1, 0.15) is 24.0 Å². The number of aromatic hydroxyl groups is 2. The van der Waals surface area contributed by atoms with E-state index in [0.29, 0.717) is 28.3 Å². The second-order valence-corrected chi connectivity index (χ2v) is 7.17. The minimum absolute atomic E-state index is 0.0565. The Kier molecular flexibility index (Phi) is 4.91. The van der Waals surface area contributed by atoms with Crippen molar-refractivity contribution < 1.29 is 15.0 Å². The maximum Gasteiger partial charge on any atom is 0.243 e. The van der Waals surface area contributed by atoms with Crippen molar-refractivity contribution in [2.75, 3.05) is 0 Å². The van der Waals surface area contributed by atoms with Crippen LogP contribution in [0.15, 0.2) is 50.4 Å². The molecule has 0 aromatic heterocycles. The number of amides is 1. The van der Waals surface area contributed by atoms with Gasteiger partial charge in [0.25, 0.3) is 0 Å². The van der Waals surface area contributed by atoms with Crippen molar-refractivity contribution in [1.29, 1.82) is 0 Å². The summed E-state index contributed by atoms with van der Waals surface area (Å²) in [5, 5.41) is 25.3. The molecule has 0 saturated carbocycles. The lowest BCUT2D eigenvalue weighted by atomic mass is 10.0.